The fraction of sp³-hybridized carbons (Fsp3) is 0.833. The van der Waals surface area contributed by atoms with Crippen LogP contribution in [0, 0.1) is 11.8 Å². The number of ether oxygens (including phenoxy) is 2. The minimum atomic E-state index is -0.834. The van der Waals surface area contributed by atoms with E-state index in [-0.39, 0.29) is 12.5 Å². The maximum atomic E-state index is 11.8. The molecule has 0 aromatic rings. The molecule has 0 aliphatic carbocycles. The molecule has 0 radical (unpaired) electrons. The summed E-state index contributed by atoms with van der Waals surface area (Å²) in [5.41, 5.74) is -0.587. The Labute approximate surface area is 97.3 Å². The highest BCUT2D eigenvalue weighted by Crippen LogP contribution is 2.19. The molecule has 0 N–H and O–H groups in total. The average Bonchev–Trinajstić information content (AvgIpc) is 1.99. The van der Waals surface area contributed by atoms with E-state index >= 15 is 0 Å². The Bertz CT molecular complexity index is 250. The van der Waals surface area contributed by atoms with E-state index in [2.05, 4.69) is 0 Å². The van der Waals surface area contributed by atoms with Gasteiger partial charge >= 0.3 is 11.9 Å². The van der Waals surface area contributed by atoms with Gasteiger partial charge in [-0.25, -0.2) is 0 Å². The van der Waals surface area contributed by atoms with Crippen LogP contribution in [0.1, 0.15) is 41.5 Å². The van der Waals surface area contributed by atoms with Gasteiger partial charge in [-0.15, -0.1) is 0 Å². The molecule has 0 aliphatic heterocycles. The summed E-state index contributed by atoms with van der Waals surface area (Å²) in [4.78, 5) is 23.4. The van der Waals surface area contributed by atoms with Crippen LogP contribution in [0.3, 0.4) is 0 Å². The van der Waals surface area contributed by atoms with Crippen molar-refractivity contribution in [1.29, 1.82) is 0 Å². The Kier molecular flexibility index (Phi) is 5.48. The quantitative estimate of drug-likeness (QED) is 0.548. The van der Waals surface area contributed by atoms with Crippen molar-refractivity contribution >= 4 is 11.9 Å². The van der Waals surface area contributed by atoms with Gasteiger partial charge in [-0.3, -0.25) is 9.59 Å². The standard InChI is InChI=1S/C12H22O4/c1-7-15-10(13)9(8(2)3)11(14)16-12(4,5)6/h8-9H,7H2,1-6H3. The van der Waals surface area contributed by atoms with Crippen LogP contribution >= 0.6 is 0 Å². The smallest absolute Gasteiger partial charge is 0.321 e. The summed E-state index contributed by atoms with van der Waals surface area (Å²) in [7, 11) is 0. The lowest BCUT2D eigenvalue weighted by atomic mass is 9.96. The molecular weight excluding hydrogens is 208 g/mol. The van der Waals surface area contributed by atoms with Gasteiger partial charge in [0.05, 0.1) is 6.61 Å². The first-order valence-corrected chi connectivity index (χ1v) is 5.58. The van der Waals surface area contributed by atoms with Gasteiger partial charge in [0.2, 0.25) is 0 Å². The minimum absolute atomic E-state index is 0.131. The van der Waals surface area contributed by atoms with Gasteiger partial charge in [0.1, 0.15) is 5.60 Å². The first-order chi connectivity index (χ1) is 7.19. The molecule has 0 bridgehead atoms. The summed E-state index contributed by atoms with van der Waals surface area (Å²) in [6.07, 6.45) is 0. The van der Waals surface area contributed by atoms with E-state index in [0.29, 0.717) is 0 Å². The van der Waals surface area contributed by atoms with Gasteiger partial charge in [0.15, 0.2) is 5.92 Å². The molecule has 0 saturated heterocycles. The summed E-state index contributed by atoms with van der Waals surface area (Å²) >= 11 is 0. The summed E-state index contributed by atoms with van der Waals surface area (Å²) < 4.78 is 10.1. The third-order valence-electron chi connectivity index (χ3n) is 1.87. The van der Waals surface area contributed by atoms with E-state index in [1.807, 2.05) is 0 Å². The van der Waals surface area contributed by atoms with Crippen molar-refractivity contribution in [3.05, 3.63) is 0 Å². The highest BCUT2D eigenvalue weighted by molar-refractivity contribution is 5.95. The molecule has 0 fully saturated rings. The second kappa shape index (κ2) is 5.87. The predicted octanol–water partition coefficient (Wildman–Crippen LogP) is 2.16. The van der Waals surface area contributed by atoms with E-state index in [4.69, 9.17) is 9.47 Å². The minimum Gasteiger partial charge on any atom is -0.465 e. The fourth-order valence-corrected chi connectivity index (χ4v) is 1.24. The molecule has 0 aromatic carbocycles. The molecule has 94 valence electrons. The van der Waals surface area contributed by atoms with Gasteiger partial charge in [0.25, 0.3) is 0 Å². The maximum absolute atomic E-state index is 11.8. The largest absolute Gasteiger partial charge is 0.465 e. The van der Waals surface area contributed by atoms with Crippen molar-refractivity contribution in [1.82, 2.24) is 0 Å². The number of rotatable bonds is 4. The van der Waals surface area contributed by atoms with Crippen molar-refractivity contribution < 1.29 is 19.1 Å². The van der Waals surface area contributed by atoms with Crippen molar-refractivity contribution in [3.63, 3.8) is 0 Å². The molecule has 4 heteroatoms. The Balaban J connectivity index is 4.67. The third kappa shape index (κ3) is 5.14. The zero-order valence-electron chi connectivity index (χ0n) is 11.0. The second-order valence-corrected chi connectivity index (χ2v) is 5.01. The van der Waals surface area contributed by atoms with Crippen LogP contribution in [0.4, 0.5) is 0 Å². The zero-order chi connectivity index (χ0) is 12.9. The van der Waals surface area contributed by atoms with Gasteiger partial charge in [-0.05, 0) is 33.6 Å². The van der Waals surface area contributed by atoms with Crippen LogP contribution < -0.4 is 0 Å². The normalized spacial score (nSPS) is 13.4. The lowest BCUT2D eigenvalue weighted by Gasteiger charge is -2.24. The van der Waals surface area contributed by atoms with Crippen molar-refractivity contribution in [2.24, 2.45) is 11.8 Å². The van der Waals surface area contributed by atoms with Crippen molar-refractivity contribution in [2.75, 3.05) is 6.61 Å². The molecule has 0 aliphatic rings. The maximum Gasteiger partial charge on any atom is 0.321 e. The Hall–Kier alpha value is -1.06. The van der Waals surface area contributed by atoms with Gasteiger partial charge in [0, 0.05) is 0 Å². The molecule has 0 spiro atoms. The van der Waals surface area contributed by atoms with Crippen LogP contribution in [-0.4, -0.2) is 24.1 Å². The van der Waals surface area contributed by atoms with Crippen LogP contribution in [0.15, 0.2) is 0 Å². The molecule has 1 unspecified atom stereocenters. The first kappa shape index (κ1) is 14.9. The molecule has 0 amide bonds. The van der Waals surface area contributed by atoms with Gasteiger partial charge in [-0.2, -0.15) is 0 Å². The lowest BCUT2D eigenvalue weighted by molar-refractivity contribution is -0.171. The van der Waals surface area contributed by atoms with Crippen molar-refractivity contribution in [2.45, 2.75) is 47.1 Å². The summed E-state index contributed by atoms with van der Waals surface area (Å²) in [5, 5.41) is 0. The van der Waals surface area contributed by atoms with E-state index < -0.39 is 23.5 Å². The molecule has 0 heterocycles. The molecule has 4 nitrogen and oxygen atoms in total. The number of carbonyl (C=O) groups excluding carboxylic acids is 2. The molecular formula is C12H22O4. The lowest BCUT2D eigenvalue weighted by Crippen LogP contribution is -2.36. The van der Waals surface area contributed by atoms with E-state index in [0.717, 1.165) is 0 Å². The topological polar surface area (TPSA) is 52.6 Å². The van der Waals surface area contributed by atoms with E-state index in [9.17, 15) is 9.59 Å². The van der Waals surface area contributed by atoms with Crippen LogP contribution in [0.2, 0.25) is 0 Å². The van der Waals surface area contributed by atoms with E-state index in [1.165, 1.54) is 0 Å². The van der Waals surface area contributed by atoms with E-state index in [1.54, 1.807) is 41.5 Å². The summed E-state index contributed by atoms with van der Waals surface area (Å²) in [5.74, 6) is -1.99. The molecule has 0 aromatic heterocycles. The Morgan fingerprint density at radius 1 is 1.12 bits per heavy atom. The summed E-state index contributed by atoms with van der Waals surface area (Å²) in [6.45, 7) is 10.9. The third-order valence-corrected chi connectivity index (χ3v) is 1.87. The fourth-order valence-electron chi connectivity index (χ4n) is 1.24. The Morgan fingerprint density at radius 3 is 1.94 bits per heavy atom. The highest BCUT2D eigenvalue weighted by Gasteiger charge is 2.34. The van der Waals surface area contributed by atoms with Gasteiger partial charge < -0.3 is 9.47 Å². The first-order valence-electron chi connectivity index (χ1n) is 5.58. The molecule has 0 rings (SSSR count). The number of carbonyl (C=O) groups is 2. The zero-order valence-corrected chi connectivity index (χ0v) is 11.0. The Morgan fingerprint density at radius 2 is 1.62 bits per heavy atom. The summed E-state index contributed by atoms with van der Waals surface area (Å²) in [6, 6.07) is 0. The SMILES string of the molecule is CCOC(=O)C(C(=O)OC(C)(C)C)C(C)C. The molecule has 1 atom stereocenters. The number of hydrogen-bond donors (Lipinski definition) is 0. The average molecular weight is 230 g/mol. The monoisotopic (exact) mass is 230 g/mol. The van der Waals surface area contributed by atoms with Gasteiger partial charge in [-0.1, -0.05) is 13.8 Å². The van der Waals surface area contributed by atoms with Crippen LogP contribution in [0.5, 0.6) is 0 Å². The van der Waals surface area contributed by atoms with Crippen molar-refractivity contribution in [3.8, 4) is 0 Å². The molecule has 0 saturated carbocycles. The predicted molar refractivity (Wildman–Crippen MR) is 60.8 cm³/mol. The number of hydrogen-bond acceptors (Lipinski definition) is 4. The highest BCUT2D eigenvalue weighted by atomic mass is 16.6. The molecule has 16 heavy (non-hydrogen) atoms. The number of esters is 2. The van der Waals surface area contributed by atoms with Crippen LogP contribution in [-0.2, 0) is 19.1 Å². The second-order valence-electron chi connectivity index (χ2n) is 5.01. The van der Waals surface area contributed by atoms with Crippen LogP contribution in [0.25, 0.3) is 0 Å².